The summed E-state index contributed by atoms with van der Waals surface area (Å²) in [6.45, 7) is 18.7. The van der Waals surface area contributed by atoms with E-state index in [1.807, 2.05) is 0 Å². The van der Waals surface area contributed by atoms with Crippen LogP contribution in [0, 0.1) is 0 Å². The molecule has 234 valence electrons. The van der Waals surface area contributed by atoms with E-state index in [9.17, 15) is 0 Å². The molecular formula is C33H57N9. The molecule has 9 nitrogen and oxygen atoms in total. The molecule has 0 amide bonds. The maximum atomic E-state index is 5.34. The zero-order valence-electron chi connectivity index (χ0n) is 25.9. The summed E-state index contributed by atoms with van der Waals surface area (Å²) in [7, 11) is 0. The number of hydrogen-bond donors (Lipinski definition) is 6. The van der Waals surface area contributed by atoms with E-state index in [1.165, 1.54) is 24.0 Å². The second kappa shape index (κ2) is 20.9. The molecule has 9 heteroatoms. The standard InChI is InChI=1S/C33H57N9/c1-2-8-30(9-3-1)33-31(28-41-24-6-16-36-20-18-34-12-4-14-38-22-26-41)10-11-32(40-33)29-42-25-7-17-37-21-19-35-13-5-15-39-23-27-42/h1-3,8-11,34-39H,4-7,12-29H2. The van der Waals surface area contributed by atoms with Crippen molar-refractivity contribution in [2.24, 2.45) is 0 Å². The largest absolute Gasteiger partial charge is 0.315 e. The molecule has 2 fully saturated rings. The first-order valence-electron chi connectivity index (χ1n) is 16.6. The first-order valence-corrected chi connectivity index (χ1v) is 16.6. The van der Waals surface area contributed by atoms with Gasteiger partial charge in [0, 0.05) is 71.0 Å². The zero-order valence-corrected chi connectivity index (χ0v) is 25.9. The minimum atomic E-state index is 0.886. The topological polar surface area (TPSA) is 91.6 Å². The number of hydrogen-bond acceptors (Lipinski definition) is 9. The third-order valence-electron chi connectivity index (χ3n) is 8.10. The van der Waals surface area contributed by atoms with Crippen molar-refractivity contribution in [3.63, 3.8) is 0 Å². The second-order valence-corrected chi connectivity index (χ2v) is 11.6. The Bertz CT molecular complexity index is 930. The van der Waals surface area contributed by atoms with Gasteiger partial charge in [0.1, 0.15) is 0 Å². The Labute approximate surface area is 255 Å². The van der Waals surface area contributed by atoms with Gasteiger partial charge >= 0.3 is 0 Å². The van der Waals surface area contributed by atoms with Gasteiger partial charge < -0.3 is 31.9 Å². The summed E-state index contributed by atoms with van der Waals surface area (Å²) in [6.07, 6.45) is 4.65. The normalized spacial score (nSPS) is 21.2. The van der Waals surface area contributed by atoms with Gasteiger partial charge in [-0.05, 0) is 89.7 Å². The fourth-order valence-electron chi connectivity index (χ4n) is 5.71. The molecule has 0 saturated carbocycles. The molecule has 3 heterocycles. The van der Waals surface area contributed by atoms with Crippen LogP contribution in [0.5, 0.6) is 0 Å². The van der Waals surface area contributed by atoms with Crippen molar-refractivity contribution >= 4 is 0 Å². The SMILES string of the molecule is c1ccc(-c2nc(CN3CCCNCCNCCCNCC3)ccc2CN2CCCNCCNCCCNCC2)cc1. The summed E-state index contributed by atoms with van der Waals surface area (Å²) in [5.74, 6) is 0. The van der Waals surface area contributed by atoms with Crippen LogP contribution in [0.4, 0.5) is 0 Å². The Morgan fingerprint density at radius 1 is 0.476 bits per heavy atom. The Morgan fingerprint density at radius 2 is 0.976 bits per heavy atom. The zero-order chi connectivity index (χ0) is 28.9. The van der Waals surface area contributed by atoms with E-state index in [0.717, 1.165) is 142 Å². The van der Waals surface area contributed by atoms with E-state index in [2.05, 4.69) is 84.2 Å². The molecule has 1 aromatic carbocycles. The molecule has 0 atom stereocenters. The molecule has 0 bridgehead atoms. The molecule has 2 aromatic rings. The van der Waals surface area contributed by atoms with Crippen molar-refractivity contribution < 1.29 is 0 Å². The Kier molecular flexibility index (Phi) is 16.4. The maximum absolute atomic E-state index is 5.34. The molecule has 1 aromatic heterocycles. The highest BCUT2D eigenvalue weighted by Crippen LogP contribution is 2.24. The number of benzene rings is 1. The van der Waals surface area contributed by atoms with E-state index in [0.29, 0.717) is 0 Å². The third-order valence-corrected chi connectivity index (χ3v) is 8.10. The number of pyridine rings is 1. The molecule has 0 aliphatic carbocycles. The van der Waals surface area contributed by atoms with E-state index < -0.39 is 0 Å². The Balaban J connectivity index is 1.44. The van der Waals surface area contributed by atoms with Gasteiger partial charge in [0.15, 0.2) is 0 Å². The highest BCUT2D eigenvalue weighted by molar-refractivity contribution is 5.63. The predicted octanol–water partition coefficient (Wildman–Crippen LogP) is 1.48. The molecule has 2 aliphatic rings. The lowest BCUT2D eigenvalue weighted by atomic mass is 10.0. The van der Waals surface area contributed by atoms with Crippen LogP contribution in [0.15, 0.2) is 42.5 Å². The van der Waals surface area contributed by atoms with Crippen LogP contribution >= 0.6 is 0 Å². The first-order chi connectivity index (χ1) is 20.9. The predicted molar refractivity (Wildman–Crippen MR) is 176 cm³/mol. The van der Waals surface area contributed by atoms with Gasteiger partial charge in [-0.25, -0.2) is 0 Å². The molecule has 0 radical (unpaired) electrons. The quantitative estimate of drug-likeness (QED) is 0.315. The monoisotopic (exact) mass is 579 g/mol. The van der Waals surface area contributed by atoms with E-state index in [4.69, 9.17) is 4.98 Å². The van der Waals surface area contributed by atoms with Crippen molar-refractivity contribution in [2.75, 3.05) is 105 Å². The van der Waals surface area contributed by atoms with Crippen molar-refractivity contribution in [3.8, 4) is 11.3 Å². The van der Waals surface area contributed by atoms with Gasteiger partial charge in [-0.15, -0.1) is 0 Å². The van der Waals surface area contributed by atoms with Gasteiger partial charge in [-0.1, -0.05) is 36.4 Å². The van der Waals surface area contributed by atoms with Crippen molar-refractivity contribution in [1.82, 2.24) is 46.7 Å². The molecular weight excluding hydrogens is 522 g/mol. The van der Waals surface area contributed by atoms with Gasteiger partial charge in [0.2, 0.25) is 0 Å². The molecule has 2 aliphatic heterocycles. The highest BCUT2D eigenvalue weighted by atomic mass is 15.2. The smallest absolute Gasteiger partial charge is 0.0750 e. The summed E-state index contributed by atoms with van der Waals surface area (Å²) in [6, 6.07) is 15.4. The minimum absolute atomic E-state index is 0.886. The van der Waals surface area contributed by atoms with Crippen LogP contribution in [-0.2, 0) is 13.1 Å². The fraction of sp³-hybridized carbons (Fsp3) is 0.667. The average molecular weight is 580 g/mol. The van der Waals surface area contributed by atoms with Crippen LogP contribution in [0.1, 0.15) is 36.9 Å². The van der Waals surface area contributed by atoms with E-state index >= 15 is 0 Å². The molecule has 2 saturated heterocycles. The Morgan fingerprint density at radius 3 is 1.55 bits per heavy atom. The molecule has 0 spiro atoms. The summed E-state index contributed by atoms with van der Waals surface area (Å²) in [5.41, 5.74) is 4.84. The number of rotatable bonds is 5. The lowest BCUT2D eigenvalue weighted by Crippen LogP contribution is -2.37. The van der Waals surface area contributed by atoms with Gasteiger partial charge in [0.05, 0.1) is 11.4 Å². The summed E-state index contributed by atoms with van der Waals surface area (Å²) in [5, 5.41) is 21.5. The third kappa shape index (κ3) is 13.1. The van der Waals surface area contributed by atoms with Gasteiger partial charge in [-0.2, -0.15) is 0 Å². The second-order valence-electron chi connectivity index (χ2n) is 11.6. The molecule has 6 N–H and O–H groups in total. The summed E-state index contributed by atoms with van der Waals surface area (Å²) < 4.78 is 0. The molecule has 0 unspecified atom stereocenters. The van der Waals surface area contributed by atoms with Crippen LogP contribution in [-0.4, -0.2) is 119 Å². The molecule has 4 rings (SSSR count). The highest BCUT2D eigenvalue weighted by Gasteiger charge is 2.15. The summed E-state index contributed by atoms with van der Waals surface area (Å²) >= 11 is 0. The molecule has 42 heavy (non-hydrogen) atoms. The van der Waals surface area contributed by atoms with Crippen LogP contribution in [0.25, 0.3) is 11.3 Å². The van der Waals surface area contributed by atoms with E-state index in [1.54, 1.807) is 0 Å². The number of aromatic nitrogens is 1. The lowest BCUT2D eigenvalue weighted by molar-refractivity contribution is 0.255. The van der Waals surface area contributed by atoms with Gasteiger partial charge in [-0.3, -0.25) is 14.8 Å². The maximum Gasteiger partial charge on any atom is 0.0750 e. The van der Waals surface area contributed by atoms with Crippen LogP contribution < -0.4 is 31.9 Å². The van der Waals surface area contributed by atoms with E-state index in [-0.39, 0.29) is 0 Å². The average Bonchev–Trinajstić information content (AvgIpc) is 3.02. The summed E-state index contributed by atoms with van der Waals surface area (Å²) in [4.78, 5) is 10.5. The van der Waals surface area contributed by atoms with Crippen molar-refractivity contribution in [3.05, 3.63) is 53.7 Å². The van der Waals surface area contributed by atoms with Gasteiger partial charge in [0.25, 0.3) is 0 Å². The van der Waals surface area contributed by atoms with Crippen molar-refractivity contribution in [1.29, 1.82) is 0 Å². The number of nitrogens with zero attached hydrogens (tertiary/aromatic N) is 3. The van der Waals surface area contributed by atoms with Crippen LogP contribution in [0.3, 0.4) is 0 Å². The van der Waals surface area contributed by atoms with Crippen LogP contribution in [0.2, 0.25) is 0 Å². The van der Waals surface area contributed by atoms with Crippen molar-refractivity contribution in [2.45, 2.75) is 38.8 Å². The minimum Gasteiger partial charge on any atom is -0.315 e. The first kappa shape index (κ1) is 33.0. The fourth-order valence-corrected chi connectivity index (χ4v) is 5.71. The Hall–Kier alpha value is -1.95. The number of nitrogens with one attached hydrogen (secondary N) is 6. The lowest BCUT2D eigenvalue weighted by Gasteiger charge is -2.26.